The van der Waals surface area contributed by atoms with Gasteiger partial charge in [-0.2, -0.15) is 0 Å². The van der Waals surface area contributed by atoms with Gasteiger partial charge in [0, 0.05) is 5.41 Å². The average Bonchev–Trinajstić information content (AvgIpc) is 3.20. The molecule has 0 amide bonds. The zero-order valence-corrected chi connectivity index (χ0v) is 22.4. The van der Waals surface area contributed by atoms with E-state index in [1.165, 1.54) is 49.7 Å². The van der Waals surface area contributed by atoms with Crippen molar-refractivity contribution in [2.75, 3.05) is 7.11 Å². The molecule has 30 heavy (non-hydrogen) atoms. The maximum Gasteiger partial charge on any atom is 0.192 e. The summed E-state index contributed by atoms with van der Waals surface area (Å²) in [5.41, 5.74) is 4.03. The standard InChI is InChI=1S/C27H46O2Si/c1-19-11-12-21-24(5,20(19)17-28-8)14-13-22-25(21,6)15-16-27(18-26(22,27)7)29-30(9,10)23(2,3)4/h11,17,21-22H,12-16,18H2,1-10H3/b20-17+/t21-,22+,24-,25+,26-,27+/m0/s1. The van der Waals surface area contributed by atoms with Gasteiger partial charge in [-0.15, -0.1) is 0 Å². The first-order valence-electron chi connectivity index (χ1n) is 12.3. The van der Waals surface area contributed by atoms with E-state index < -0.39 is 8.32 Å². The smallest absolute Gasteiger partial charge is 0.192 e. The fourth-order valence-electron chi connectivity index (χ4n) is 8.05. The predicted molar refractivity (Wildman–Crippen MR) is 129 cm³/mol. The molecule has 0 radical (unpaired) electrons. The summed E-state index contributed by atoms with van der Waals surface area (Å²) in [5.74, 6) is 1.48. The van der Waals surface area contributed by atoms with Crippen LogP contribution >= 0.6 is 0 Å². The highest BCUT2D eigenvalue weighted by atomic mass is 28.4. The van der Waals surface area contributed by atoms with Crippen LogP contribution in [-0.2, 0) is 9.16 Å². The zero-order valence-electron chi connectivity index (χ0n) is 21.4. The molecule has 0 aliphatic heterocycles. The molecule has 0 N–H and O–H groups in total. The van der Waals surface area contributed by atoms with E-state index >= 15 is 0 Å². The number of rotatable bonds is 3. The van der Waals surface area contributed by atoms with Crippen LogP contribution < -0.4 is 0 Å². The van der Waals surface area contributed by atoms with Crippen molar-refractivity contribution in [1.82, 2.24) is 0 Å². The number of methoxy groups -OCH3 is 1. The topological polar surface area (TPSA) is 18.5 Å². The van der Waals surface area contributed by atoms with Crippen molar-refractivity contribution < 1.29 is 9.16 Å². The third-order valence-corrected chi connectivity index (χ3v) is 15.4. The highest BCUT2D eigenvalue weighted by Crippen LogP contribution is 2.79. The Kier molecular flexibility index (Phi) is 4.90. The summed E-state index contributed by atoms with van der Waals surface area (Å²) in [5, 5.41) is 0.280. The van der Waals surface area contributed by atoms with Crippen LogP contribution in [0, 0.1) is 28.1 Å². The van der Waals surface area contributed by atoms with Crippen molar-refractivity contribution in [1.29, 1.82) is 0 Å². The summed E-state index contributed by atoms with van der Waals surface area (Å²) in [7, 11) is 0.0384. The van der Waals surface area contributed by atoms with E-state index in [4.69, 9.17) is 9.16 Å². The third-order valence-electron chi connectivity index (χ3n) is 10.9. The monoisotopic (exact) mass is 430 g/mol. The summed E-state index contributed by atoms with van der Waals surface area (Å²) in [6.07, 6.45) is 12.2. The molecule has 0 heterocycles. The van der Waals surface area contributed by atoms with Crippen molar-refractivity contribution >= 4 is 8.32 Å². The van der Waals surface area contributed by atoms with Crippen LogP contribution in [0.4, 0.5) is 0 Å². The molecule has 0 aromatic carbocycles. The lowest BCUT2D eigenvalue weighted by molar-refractivity contribution is -0.121. The first-order valence-corrected chi connectivity index (χ1v) is 15.2. The molecule has 4 aliphatic carbocycles. The number of hydrogen-bond acceptors (Lipinski definition) is 2. The molecule has 4 aliphatic rings. The van der Waals surface area contributed by atoms with Crippen LogP contribution in [0.2, 0.25) is 18.1 Å². The molecular formula is C27H46O2Si. The predicted octanol–water partition coefficient (Wildman–Crippen LogP) is 7.87. The molecule has 3 heteroatoms. The van der Waals surface area contributed by atoms with Gasteiger partial charge in [0.1, 0.15) is 0 Å². The van der Waals surface area contributed by atoms with Crippen LogP contribution in [0.15, 0.2) is 23.5 Å². The number of ether oxygens (including phenoxy) is 1. The van der Waals surface area contributed by atoms with Crippen molar-refractivity contribution in [2.24, 2.45) is 28.1 Å². The summed E-state index contributed by atoms with van der Waals surface area (Å²) in [6.45, 7) is 22.1. The van der Waals surface area contributed by atoms with Gasteiger partial charge in [0.05, 0.1) is 19.0 Å². The molecule has 0 aromatic rings. The van der Waals surface area contributed by atoms with Crippen molar-refractivity contribution in [2.45, 2.75) is 111 Å². The molecule has 2 nitrogen and oxygen atoms in total. The molecule has 6 atom stereocenters. The summed E-state index contributed by atoms with van der Waals surface area (Å²) < 4.78 is 12.8. The Labute approximate surface area is 187 Å². The fourth-order valence-corrected chi connectivity index (χ4v) is 9.74. The molecule has 0 saturated heterocycles. The summed E-state index contributed by atoms with van der Waals surface area (Å²) in [6, 6.07) is 0. The van der Waals surface area contributed by atoms with Gasteiger partial charge in [0.2, 0.25) is 0 Å². The van der Waals surface area contributed by atoms with E-state index in [0.717, 1.165) is 5.92 Å². The van der Waals surface area contributed by atoms with E-state index in [0.29, 0.717) is 16.7 Å². The third kappa shape index (κ3) is 2.83. The number of allylic oxidation sites excluding steroid dienone is 3. The highest BCUT2D eigenvalue weighted by molar-refractivity contribution is 6.74. The zero-order chi connectivity index (χ0) is 22.4. The normalized spacial score (nSPS) is 47.1. The fraction of sp³-hybridized carbons (Fsp3) is 0.852. The second-order valence-corrected chi connectivity index (χ2v) is 18.1. The Hall–Kier alpha value is -0.543. The van der Waals surface area contributed by atoms with Crippen LogP contribution in [0.3, 0.4) is 0 Å². The minimum absolute atomic E-state index is 0.152. The van der Waals surface area contributed by atoms with E-state index in [9.17, 15) is 0 Å². The van der Waals surface area contributed by atoms with Crippen molar-refractivity contribution in [3.63, 3.8) is 0 Å². The molecule has 0 bridgehead atoms. The van der Waals surface area contributed by atoms with Gasteiger partial charge in [0.15, 0.2) is 8.32 Å². The molecule has 0 unspecified atom stereocenters. The van der Waals surface area contributed by atoms with Crippen LogP contribution in [0.25, 0.3) is 0 Å². The van der Waals surface area contributed by atoms with Crippen LogP contribution in [0.5, 0.6) is 0 Å². The van der Waals surface area contributed by atoms with Gasteiger partial charge in [-0.3, -0.25) is 0 Å². The lowest BCUT2D eigenvalue weighted by Crippen LogP contribution is -2.57. The highest BCUT2D eigenvalue weighted by Gasteiger charge is 2.77. The van der Waals surface area contributed by atoms with E-state index in [2.05, 4.69) is 67.6 Å². The van der Waals surface area contributed by atoms with Crippen molar-refractivity contribution in [3.05, 3.63) is 23.5 Å². The Morgan fingerprint density at radius 2 is 1.73 bits per heavy atom. The second kappa shape index (κ2) is 6.50. The van der Waals surface area contributed by atoms with E-state index in [-0.39, 0.29) is 16.1 Å². The number of hydrogen-bond donors (Lipinski definition) is 0. The first-order chi connectivity index (χ1) is 13.7. The Bertz CT molecular complexity index is 789. The molecule has 0 aromatic heterocycles. The first kappa shape index (κ1) is 22.6. The quantitative estimate of drug-likeness (QED) is 0.335. The average molecular weight is 431 g/mol. The van der Waals surface area contributed by atoms with E-state index in [1.807, 2.05) is 6.26 Å². The van der Waals surface area contributed by atoms with Gasteiger partial charge < -0.3 is 9.16 Å². The second-order valence-electron chi connectivity index (χ2n) is 13.4. The number of fused-ring (bicyclic) bond motifs is 5. The minimum Gasteiger partial charge on any atom is -0.504 e. The minimum atomic E-state index is -1.77. The lowest BCUT2D eigenvalue weighted by Gasteiger charge is -2.63. The Morgan fingerprint density at radius 3 is 2.33 bits per heavy atom. The summed E-state index contributed by atoms with van der Waals surface area (Å²) in [4.78, 5) is 0. The molecule has 0 spiro atoms. The van der Waals surface area contributed by atoms with Gasteiger partial charge in [-0.1, -0.05) is 47.6 Å². The molecule has 3 saturated carbocycles. The summed E-state index contributed by atoms with van der Waals surface area (Å²) >= 11 is 0. The Morgan fingerprint density at radius 1 is 1.07 bits per heavy atom. The lowest BCUT2D eigenvalue weighted by atomic mass is 9.42. The van der Waals surface area contributed by atoms with E-state index in [1.54, 1.807) is 7.11 Å². The van der Waals surface area contributed by atoms with Crippen molar-refractivity contribution in [3.8, 4) is 0 Å². The molecular weight excluding hydrogens is 384 g/mol. The molecule has 4 rings (SSSR count). The van der Waals surface area contributed by atoms with Gasteiger partial charge in [-0.25, -0.2) is 0 Å². The molecule has 170 valence electrons. The van der Waals surface area contributed by atoms with Gasteiger partial charge in [0.25, 0.3) is 0 Å². The maximum atomic E-state index is 7.24. The van der Waals surface area contributed by atoms with Gasteiger partial charge in [-0.05, 0) is 97.4 Å². The van der Waals surface area contributed by atoms with Crippen LogP contribution in [-0.4, -0.2) is 21.0 Å². The Balaban J connectivity index is 1.67. The SMILES string of the molecule is CO/C=C1\C(C)=CC[C@@H]2[C@@]3(C)CC[C@@]4(O[Si](C)(C)C(C)(C)C)C[C@@]4(C)[C@@H]3CC[C@@]12C. The van der Waals surface area contributed by atoms with Crippen LogP contribution in [0.1, 0.15) is 87.0 Å². The van der Waals surface area contributed by atoms with Gasteiger partial charge >= 0.3 is 0 Å². The maximum absolute atomic E-state index is 7.24. The largest absolute Gasteiger partial charge is 0.504 e. The molecule has 3 fully saturated rings.